The zero-order chi connectivity index (χ0) is 14.1. The molecule has 1 aromatic carbocycles. The van der Waals surface area contributed by atoms with Gasteiger partial charge in [0.2, 0.25) is 5.91 Å². The van der Waals surface area contributed by atoms with E-state index in [0.29, 0.717) is 26.2 Å². The van der Waals surface area contributed by atoms with Crippen LogP contribution in [0, 0.1) is 0 Å². The van der Waals surface area contributed by atoms with E-state index in [0.717, 1.165) is 11.3 Å². The Bertz CT molecular complexity index is 383. The van der Waals surface area contributed by atoms with E-state index in [-0.39, 0.29) is 24.4 Å². The minimum absolute atomic E-state index is 0. The number of rotatable bonds is 8. The Labute approximate surface area is 126 Å². The largest absolute Gasteiger partial charge is 0.491 e. The molecule has 0 radical (unpaired) electrons. The highest BCUT2D eigenvalue weighted by molar-refractivity contribution is 5.85. The van der Waals surface area contributed by atoms with Crippen molar-refractivity contribution in [3.63, 3.8) is 0 Å². The maximum atomic E-state index is 11.4. The van der Waals surface area contributed by atoms with Crippen LogP contribution >= 0.6 is 12.4 Å². The molecule has 0 saturated heterocycles. The van der Waals surface area contributed by atoms with Crippen LogP contribution < -0.4 is 15.8 Å². The average Bonchev–Trinajstić information content (AvgIpc) is 2.37. The molecule has 1 atom stereocenters. The third kappa shape index (κ3) is 7.99. The minimum atomic E-state index is -0.114. The third-order valence-corrected chi connectivity index (χ3v) is 2.48. The third-order valence-electron chi connectivity index (χ3n) is 2.48. The number of carbonyl (C=O) groups is 1. The van der Waals surface area contributed by atoms with Crippen molar-refractivity contribution in [2.24, 2.45) is 5.73 Å². The van der Waals surface area contributed by atoms with Crippen molar-refractivity contribution in [2.75, 3.05) is 20.3 Å². The molecule has 20 heavy (non-hydrogen) atoms. The van der Waals surface area contributed by atoms with Gasteiger partial charge in [0.1, 0.15) is 12.4 Å². The lowest BCUT2D eigenvalue weighted by Gasteiger charge is -2.09. The summed E-state index contributed by atoms with van der Waals surface area (Å²) in [5.74, 6) is 0.762. The lowest BCUT2D eigenvalue weighted by molar-refractivity contribution is -0.121. The standard InChI is InChI=1S/C14H22N2O3.ClH/c1-11(15)9-14(17)16-10-12-3-5-13(6-4-12)19-8-7-18-2;/h3-6,11H,7-10,15H2,1-2H3,(H,16,17);1H. The van der Waals surface area contributed by atoms with Crippen LogP contribution in [-0.2, 0) is 16.1 Å². The number of methoxy groups -OCH3 is 1. The van der Waals surface area contributed by atoms with Crippen molar-refractivity contribution in [1.82, 2.24) is 5.32 Å². The average molecular weight is 303 g/mol. The molecular formula is C14H23ClN2O3. The molecule has 1 unspecified atom stereocenters. The normalized spacial score (nSPS) is 11.3. The molecule has 1 amide bonds. The summed E-state index contributed by atoms with van der Waals surface area (Å²) in [6, 6.07) is 7.49. The molecule has 114 valence electrons. The van der Waals surface area contributed by atoms with Gasteiger partial charge in [0.15, 0.2) is 0 Å². The molecule has 6 heteroatoms. The number of hydrogen-bond donors (Lipinski definition) is 2. The van der Waals surface area contributed by atoms with Gasteiger partial charge in [-0.25, -0.2) is 0 Å². The van der Waals surface area contributed by atoms with Crippen molar-refractivity contribution in [2.45, 2.75) is 25.9 Å². The Hall–Kier alpha value is -1.30. The Morgan fingerprint density at radius 2 is 1.95 bits per heavy atom. The zero-order valence-corrected chi connectivity index (χ0v) is 12.7. The quantitative estimate of drug-likeness (QED) is 0.714. The molecular weight excluding hydrogens is 280 g/mol. The van der Waals surface area contributed by atoms with E-state index in [9.17, 15) is 4.79 Å². The number of nitrogens with two attached hydrogens (primary N) is 1. The van der Waals surface area contributed by atoms with Crippen LogP contribution in [0.4, 0.5) is 0 Å². The van der Waals surface area contributed by atoms with Gasteiger partial charge in [0, 0.05) is 26.1 Å². The van der Waals surface area contributed by atoms with Gasteiger partial charge in [-0.2, -0.15) is 0 Å². The van der Waals surface area contributed by atoms with Gasteiger partial charge in [-0.05, 0) is 24.6 Å². The summed E-state index contributed by atoms with van der Waals surface area (Å²) in [7, 11) is 1.64. The van der Waals surface area contributed by atoms with E-state index in [2.05, 4.69) is 5.32 Å². The Morgan fingerprint density at radius 3 is 2.50 bits per heavy atom. The monoisotopic (exact) mass is 302 g/mol. The van der Waals surface area contributed by atoms with Gasteiger partial charge in [0.25, 0.3) is 0 Å². The number of hydrogen-bond acceptors (Lipinski definition) is 4. The molecule has 0 aromatic heterocycles. The second-order valence-electron chi connectivity index (χ2n) is 4.44. The number of amides is 1. The predicted molar refractivity (Wildman–Crippen MR) is 81.2 cm³/mol. The maximum absolute atomic E-state index is 11.4. The first kappa shape index (κ1) is 18.7. The molecule has 0 fully saturated rings. The summed E-state index contributed by atoms with van der Waals surface area (Å²) in [5.41, 5.74) is 6.58. The summed E-state index contributed by atoms with van der Waals surface area (Å²) in [5, 5.41) is 2.82. The first-order valence-corrected chi connectivity index (χ1v) is 6.34. The summed E-state index contributed by atoms with van der Waals surface area (Å²) in [6.45, 7) is 3.41. The second-order valence-corrected chi connectivity index (χ2v) is 4.44. The van der Waals surface area contributed by atoms with Crippen LogP contribution in [0.3, 0.4) is 0 Å². The topological polar surface area (TPSA) is 73.6 Å². The fraction of sp³-hybridized carbons (Fsp3) is 0.500. The van der Waals surface area contributed by atoms with Crippen LogP contribution in [0.5, 0.6) is 5.75 Å². The number of halogens is 1. The summed E-state index contributed by atoms with van der Waals surface area (Å²) in [6.07, 6.45) is 0.345. The Morgan fingerprint density at radius 1 is 1.30 bits per heavy atom. The summed E-state index contributed by atoms with van der Waals surface area (Å²) >= 11 is 0. The number of benzene rings is 1. The van der Waals surface area contributed by atoms with Gasteiger partial charge in [-0.1, -0.05) is 12.1 Å². The predicted octanol–water partition coefficient (Wildman–Crippen LogP) is 1.49. The minimum Gasteiger partial charge on any atom is -0.491 e. The first-order chi connectivity index (χ1) is 9.11. The van der Waals surface area contributed by atoms with Crippen LogP contribution in [-0.4, -0.2) is 32.3 Å². The van der Waals surface area contributed by atoms with Crippen LogP contribution in [0.15, 0.2) is 24.3 Å². The van der Waals surface area contributed by atoms with Crippen LogP contribution in [0.25, 0.3) is 0 Å². The van der Waals surface area contributed by atoms with Crippen molar-refractivity contribution in [1.29, 1.82) is 0 Å². The number of carbonyl (C=O) groups excluding carboxylic acids is 1. The Balaban J connectivity index is 0.00000361. The smallest absolute Gasteiger partial charge is 0.221 e. The van der Waals surface area contributed by atoms with E-state index >= 15 is 0 Å². The van der Waals surface area contributed by atoms with Crippen LogP contribution in [0.2, 0.25) is 0 Å². The van der Waals surface area contributed by atoms with Gasteiger partial charge < -0.3 is 20.5 Å². The molecule has 5 nitrogen and oxygen atoms in total. The second kappa shape index (κ2) is 10.5. The van der Waals surface area contributed by atoms with Gasteiger partial charge >= 0.3 is 0 Å². The molecule has 0 bridgehead atoms. The molecule has 0 saturated carbocycles. The Kier molecular flexibility index (Phi) is 9.80. The van der Waals surface area contributed by atoms with E-state index in [4.69, 9.17) is 15.2 Å². The maximum Gasteiger partial charge on any atom is 0.221 e. The number of ether oxygens (including phenoxy) is 2. The molecule has 0 spiro atoms. The van der Waals surface area contributed by atoms with Crippen LogP contribution in [0.1, 0.15) is 18.9 Å². The zero-order valence-electron chi connectivity index (χ0n) is 11.9. The molecule has 1 rings (SSSR count). The highest BCUT2D eigenvalue weighted by Crippen LogP contribution is 2.11. The van der Waals surface area contributed by atoms with E-state index < -0.39 is 0 Å². The molecule has 0 heterocycles. The fourth-order valence-electron chi connectivity index (χ4n) is 1.51. The van der Waals surface area contributed by atoms with Gasteiger partial charge in [0.05, 0.1) is 6.61 Å². The molecule has 0 aliphatic carbocycles. The van der Waals surface area contributed by atoms with E-state index in [1.807, 2.05) is 31.2 Å². The fourth-order valence-corrected chi connectivity index (χ4v) is 1.51. The highest BCUT2D eigenvalue weighted by Gasteiger charge is 2.04. The van der Waals surface area contributed by atoms with Crippen molar-refractivity contribution in [3.8, 4) is 5.75 Å². The summed E-state index contributed by atoms with van der Waals surface area (Å²) in [4.78, 5) is 11.4. The first-order valence-electron chi connectivity index (χ1n) is 6.34. The lowest BCUT2D eigenvalue weighted by atomic mass is 10.2. The van der Waals surface area contributed by atoms with Crippen molar-refractivity contribution >= 4 is 18.3 Å². The van der Waals surface area contributed by atoms with Gasteiger partial charge in [-0.15, -0.1) is 12.4 Å². The van der Waals surface area contributed by atoms with E-state index in [1.54, 1.807) is 7.11 Å². The van der Waals surface area contributed by atoms with Crippen molar-refractivity contribution < 1.29 is 14.3 Å². The van der Waals surface area contributed by atoms with Gasteiger partial charge in [-0.3, -0.25) is 4.79 Å². The summed E-state index contributed by atoms with van der Waals surface area (Å²) < 4.78 is 10.4. The van der Waals surface area contributed by atoms with Crippen molar-refractivity contribution in [3.05, 3.63) is 29.8 Å². The molecule has 3 N–H and O–H groups in total. The highest BCUT2D eigenvalue weighted by atomic mass is 35.5. The lowest BCUT2D eigenvalue weighted by Crippen LogP contribution is -2.29. The SMILES string of the molecule is COCCOc1ccc(CNC(=O)CC(C)N)cc1.Cl. The molecule has 0 aliphatic heterocycles. The van der Waals surface area contributed by atoms with E-state index in [1.165, 1.54) is 0 Å². The number of nitrogens with one attached hydrogen (secondary N) is 1. The molecule has 0 aliphatic rings. The molecule has 1 aromatic rings.